The largest absolute Gasteiger partial charge is 0.354 e. The van der Waals surface area contributed by atoms with Crippen LogP contribution in [-0.2, 0) is 17.9 Å². The molecule has 1 atom stereocenters. The van der Waals surface area contributed by atoms with E-state index in [0.717, 1.165) is 38.0 Å². The number of nitrogens with one attached hydrogen (secondary N) is 1. The van der Waals surface area contributed by atoms with Gasteiger partial charge in [-0.05, 0) is 67.6 Å². The first-order valence-electron chi connectivity index (χ1n) is 11.6. The van der Waals surface area contributed by atoms with E-state index in [0.29, 0.717) is 37.2 Å². The molecular weight excluding hydrogens is 407 g/mol. The highest BCUT2D eigenvalue weighted by Crippen LogP contribution is 2.22. The molecule has 1 N–H and O–H groups in total. The van der Waals surface area contributed by atoms with Crippen molar-refractivity contribution in [3.63, 3.8) is 0 Å². The highest BCUT2D eigenvalue weighted by Gasteiger charge is 2.36. The van der Waals surface area contributed by atoms with E-state index >= 15 is 0 Å². The van der Waals surface area contributed by atoms with Crippen LogP contribution in [0.15, 0.2) is 42.6 Å². The Labute approximate surface area is 189 Å². The molecule has 4 rings (SSSR count). The van der Waals surface area contributed by atoms with Crippen LogP contribution in [0.4, 0.5) is 4.39 Å². The van der Waals surface area contributed by atoms with E-state index in [9.17, 15) is 14.0 Å². The van der Waals surface area contributed by atoms with Crippen LogP contribution in [-0.4, -0.2) is 58.4 Å². The second-order valence-corrected chi connectivity index (χ2v) is 9.50. The molecule has 2 amide bonds. The van der Waals surface area contributed by atoms with Crippen LogP contribution in [0.25, 0.3) is 0 Å². The van der Waals surface area contributed by atoms with Crippen LogP contribution in [0.3, 0.4) is 0 Å². The first-order valence-corrected chi connectivity index (χ1v) is 11.6. The number of carbonyl (C=O) groups excluding carboxylic acids is 2. The third-order valence-electron chi connectivity index (χ3n) is 6.51. The third kappa shape index (κ3) is 5.21. The molecule has 0 bridgehead atoms. The zero-order valence-corrected chi connectivity index (χ0v) is 19.0. The van der Waals surface area contributed by atoms with Gasteiger partial charge in [-0.2, -0.15) is 0 Å². The van der Waals surface area contributed by atoms with Crippen LogP contribution in [0.2, 0.25) is 0 Å². The Morgan fingerprint density at radius 3 is 2.56 bits per heavy atom. The molecule has 32 heavy (non-hydrogen) atoms. The minimum absolute atomic E-state index is 0.0629. The number of hydrogen-bond donors (Lipinski definition) is 1. The van der Waals surface area contributed by atoms with Gasteiger partial charge in [-0.15, -0.1) is 0 Å². The fourth-order valence-corrected chi connectivity index (χ4v) is 4.73. The predicted molar refractivity (Wildman–Crippen MR) is 122 cm³/mol. The van der Waals surface area contributed by atoms with Crippen molar-refractivity contribution in [2.75, 3.05) is 26.2 Å². The SMILES string of the molecule is CC(C)CN1C(=O)c2cccn2CC1C(=O)NCC1CCN(Cc2ccc(F)cc2)CC1. The Morgan fingerprint density at radius 2 is 1.88 bits per heavy atom. The normalized spacial score (nSPS) is 19.9. The smallest absolute Gasteiger partial charge is 0.271 e. The summed E-state index contributed by atoms with van der Waals surface area (Å²) < 4.78 is 15.0. The highest BCUT2D eigenvalue weighted by atomic mass is 19.1. The monoisotopic (exact) mass is 440 g/mol. The number of likely N-dealkylation sites (tertiary alicyclic amines) is 1. The molecule has 0 aliphatic carbocycles. The average Bonchev–Trinajstić information content (AvgIpc) is 3.25. The van der Waals surface area contributed by atoms with Gasteiger partial charge in [-0.1, -0.05) is 26.0 Å². The number of aromatic nitrogens is 1. The van der Waals surface area contributed by atoms with Gasteiger partial charge in [0.15, 0.2) is 0 Å². The summed E-state index contributed by atoms with van der Waals surface area (Å²) in [5.74, 6) is 0.392. The molecule has 2 aliphatic heterocycles. The van der Waals surface area contributed by atoms with Gasteiger partial charge in [0.05, 0.1) is 6.54 Å². The molecule has 172 valence electrons. The maximum absolute atomic E-state index is 13.1. The van der Waals surface area contributed by atoms with Gasteiger partial charge in [0.1, 0.15) is 17.6 Å². The standard InChI is InChI=1S/C25H33FN4O2/c1-18(2)15-30-23(17-29-11-3-4-22(29)25(30)32)24(31)27-14-19-9-12-28(13-10-19)16-20-5-7-21(26)8-6-20/h3-8,11,18-19,23H,9-10,12-17H2,1-2H3,(H,27,31). The van der Waals surface area contributed by atoms with Gasteiger partial charge in [0.25, 0.3) is 5.91 Å². The molecule has 1 unspecified atom stereocenters. The Hall–Kier alpha value is -2.67. The number of fused-ring (bicyclic) bond motifs is 1. The number of rotatable bonds is 7. The van der Waals surface area contributed by atoms with Crippen LogP contribution in [0, 0.1) is 17.7 Å². The zero-order chi connectivity index (χ0) is 22.7. The number of benzene rings is 1. The third-order valence-corrected chi connectivity index (χ3v) is 6.51. The molecular formula is C25H33FN4O2. The molecule has 1 fully saturated rings. The fourth-order valence-electron chi connectivity index (χ4n) is 4.73. The maximum atomic E-state index is 13.1. The van der Waals surface area contributed by atoms with E-state index < -0.39 is 6.04 Å². The summed E-state index contributed by atoms with van der Waals surface area (Å²) in [4.78, 5) is 30.1. The van der Waals surface area contributed by atoms with Gasteiger partial charge < -0.3 is 14.8 Å². The molecule has 2 aliphatic rings. The summed E-state index contributed by atoms with van der Waals surface area (Å²) in [6, 6.07) is 9.91. The van der Waals surface area contributed by atoms with Crippen molar-refractivity contribution in [3.05, 3.63) is 59.7 Å². The Morgan fingerprint density at radius 1 is 1.16 bits per heavy atom. The number of nitrogens with zero attached hydrogens (tertiary/aromatic N) is 3. The van der Waals surface area contributed by atoms with E-state index in [4.69, 9.17) is 0 Å². The Bertz CT molecular complexity index is 932. The Kier molecular flexibility index (Phi) is 6.94. The van der Waals surface area contributed by atoms with Gasteiger partial charge in [-0.3, -0.25) is 14.5 Å². The van der Waals surface area contributed by atoms with Crippen molar-refractivity contribution < 1.29 is 14.0 Å². The average molecular weight is 441 g/mol. The number of hydrogen-bond acceptors (Lipinski definition) is 3. The molecule has 2 aromatic rings. The summed E-state index contributed by atoms with van der Waals surface area (Å²) in [5, 5.41) is 3.13. The lowest BCUT2D eigenvalue weighted by Gasteiger charge is -2.37. The van der Waals surface area contributed by atoms with Crippen molar-refractivity contribution in [1.29, 1.82) is 0 Å². The van der Waals surface area contributed by atoms with E-state index in [1.54, 1.807) is 4.90 Å². The topological polar surface area (TPSA) is 57.6 Å². The summed E-state index contributed by atoms with van der Waals surface area (Å²) in [6.07, 6.45) is 3.90. The van der Waals surface area contributed by atoms with E-state index in [2.05, 4.69) is 24.1 Å². The highest BCUT2D eigenvalue weighted by molar-refractivity contribution is 5.97. The fraction of sp³-hybridized carbons (Fsp3) is 0.520. The second-order valence-electron chi connectivity index (χ2n) is 9.50. The van der Waals surface area contributed by atoms with E-state index in [1.165, 1.54) is 12.1 Å². The molecule has 7 heteroatoms. The molecule has 1 aromatic heterocycles. The van der Waals surface area contributed by atoms with Crippen molar-refractivity contribution in [1.82, 2.24) is 19.7 Å². The van der Waals surface area contributed by atoms with E-state index in [1.807, 2.05) is 35.0 Å². The number of carbonyl (C=O) groups is 2. The van der Waals surface area contributed by atoms with Crippen LogP contribution in [0.5, 0.6) is 0 Å². The summed E-state index contributed by atoms with van der Waals surface area (Å²) in [6.45, 7) is 8.60. The van der Waals surface area contributed by atoms with Crippen LogP contribution in [0.1, 0.15) is 42.7 Å². The lowest BCUT2D eigenvalue weighted by molar-refractivity contribution is -0.127. The Balaban J connectivity index is 1.28. The minimum atomic E-state index is -0.469. The lowest BCUT2D eigenvalue weighted by atomic mass is 9.96. The molecule has 0 spiro atoms. The zero-order valence-electron chi connectivity index (χ0n) is 19.0. The molecule has 1 saturated heterocycles. The molecule has 0 radical (unpaired) electrons. The molecule has 0 saturated carbocycles. The van der Waals surface area contributed by atoms with Gasteiger partial charge in [0, 0.05) is 25.8 Å². The van der Waals surface area contributed by atoms with Crippen LogP contribution < -0.4 is 5.32 Å². The summed E-state index contributed by atoms with van der Waals surface area (Å²) in [5.41, 5.74) is 1.78. The minimum Gasteiger partial charge on any atom is -0.354 e. The van der Waals surface area contributed by atoms with Crippen molar-refractivity contribution in [2.45, 2.75) is 45.8 Å². The second kappa shape index (κ2) is 9.86. The lowest BCUT2D eigenvalue weighted by Crippen LogP contribution is -2.56. The quantitative estimate of drug-likeness (QED) is 0.720. The summed E-state index contributed by atoms with van der Waals surface area (Å²) in [7, 11) is 0. The van der Waals surface area contributed by atoms with Crippen molar-refractivity contribution >= 4 is 11.8 Å². The molecule has 1 aromatic carbocycles. The number of halogens is 1. The summed E-state index contributed by atoms with van der Waals surface area (Å²) >= 11 is 0. The first-order chi connectivity index (χ1) is 15.4. The number of piperidine rings is 1. The van der Waals surface area contributed by atoms with Gasteiger partial charge in [-0.25, -0.2) is 4.39 Å². The number of amides is 2. The molecule has 6 nitrogen and oxygen atoms in total. The van der Waals surface area contributed by atoms with Crippen LogP contribution >= 0.6 is 0 Å². The maximum Gasteiger partial charge on any atom is 0.271 e. The van der Waals surface area contributed by atoms with Gasteiger partial charge >= 0.3 is 0 Å². The van der Waals surface area contributed by atoms with E-state index in [-0.39, 0.29) is 17.6 Å². The first kappa shape index (κ1) is 22.5. The van der Waals surface area contributed by atoms with Gasteiger partial charge in [0.2, 0.25) is 5.91 Å². The van der Waals surface area contributed by atoms with Crippen molar-refractivity contribution in [2.24, 2.45) is 11.8 Å². The molecule has 3 heterocycles. The van der Waals surface area contributed by atoms with Crippen molar-refractivity contribution in [3.8, 4) is 0 Å². The predicted octanol–water partition coefficient (Wildman–Crippen LogP) is 3.14.